The van der Waals surface area contributed by atoms with Gasteiger partial charge in [0.05, 0.1) is 11.5 Å². The van der Waals surface area contributed by atoms with Gasteiger partial charge in [0, 0.05) is 47.9 Å². The van der Waals surface area contributed by atoms with Gasteiger partial charge < -0.3 is 9.30 Å². The van der Waals surface area contributed by atoms with Gasteiger partial charge in [0.2, 0.25) is 0 Å². The van der Waals surface area contributed by atoms with Crippen molar-refractivity contribution < 1.29 is 14.5 Å². The molecule has 0 bridgehead atoms. The zero-order valence-electron chi connectivity index (χ0n) is 11.2. The van der Waals surface area contributed by atoms with E-state index in [1.54, 1.807) is 19.1 Å². The van der Waals surface area contributed by atoms with E-state index >= 15 is 0 Å². The van der Waals surface area contributed by atoms with E-state index in [-0.39, 0.29) is 5.69 Å². The molecule has 0 fully saturated rings. The number of aryl methyl sites for hydroxylation is 1. The summed E-state index contributed by atoms with van der Waals surface area (Å²) in [6, 6.07) is 4.65. The molecule has 0 saturated heterocycles. The van der Waals surface area contributed by atoms with Crippen LogP contribution < -0.4 is 0 Å². The lowest BCUT2D eigenvalue weighted by atomic mass is 10.1. The number of fused-ring (bicyclic) bond motifs is 1. The van der Waals surface area contributed by atoms with Crippen molar-refractivity contribution in [2.75, 3.05) is 6.61 Å². The molecule has 0 aliphatic carbocycles. The molecule has 2 aromatic rings. The molecule has 0 aliphatic rings. The Bertz CT molecular complexity index is 701. The topological polar surface area (TPSA) is 74.4 Å². The van der Waals surface area contributed by atoms with E-state index in [0.29, 0.717) is 6.61 Å². The molecule has 1 aromatic carbocycles. The number of carbonyl (C=O) groups excluding carboxylic acids is 1. The van der Waals surface area contributed by atoms with Crippen LogP contribution in [-0.4, -0.2) is 22.1 Å². The summed E-state index contributed by atoms with van der Waals surface area (Å²) >= 11 is 0. The van der Waals surface area contributed by atoms with Crippen molar-refractivity contribution in [2.45, 2.75) is 6.92 Å². The van der Waals surface area contributed by atoms with E-state index in [1.165, 1.54) is 18.2 Å². The highest BCUT2D eigenvalue weighted by Gasteiger charge is 2.11. The lowest BCUT2D eigenvalue weighted by Crippen LogP contribution is -1.98. The molecule has 6 heteroatoms. The smallest absolute Gasteiger partial charge is 0.330 e. The third-order valence-corrected chi connectivity index (χ3v) is 2.90. The first-order valence-corrected chi connectivity index (χ1v) is 6.11. The fraction of sp³-hybridized carbons (Fsp3) is 0.214. The second kappa shape index (κ2) is 5.56. The molecule has 0 atom stereocenters. The third kappa shape index (κ3) is 2.69. The summed E-state index contributed by atoms with van der Waals surface area (Å²) in [7, 11) is 1.84. The minimum Gasteiger partial charge on any atom is -0.463 e. The number of nitro benzene ring substituents is 1. The fourth-order valence-corrected chi connectivity index (χ4v) is 2.01. The highest BCUT2D eigenvalue weighted by molar-refractivity contribution is 5.95. The molecule has 0 amide bonds. The van der Waals surface area contributed by atoms with Crippen LogP contribution in [0.1, 0.15) is 12.5 Å². The number of rotatable bonds is 4. The predicted molar refractivity (Wildman–Crippen MR) is 75.2 cm³/mol. The number of hydrogen-bond donors (Lipinski definition) is 0. The lowest BCUT2D eigenvalue weighted by Gasteiger charge is -1.96. The van der Waals surface area contributed by atoms with E-state index < -0.39 is 10.9 Å². The average molecular weight is 274 g/mol. The third-order valence-electron chi connectivity index (χ3n) is 2.90. The summed E-state index contributed by atoms with van der Waals surface area (Å²) in [5.74, 6) is -0.435. The van der Waals surface area contributed by atoms with Crippen LogP contribution in [-0.2, 0) is 16.6 Å². The van der Waals surface area contributed by atoms with Crippen LogP contribution in [0.4, 0.5) is 5.69 Å². The van der Waals surface area contributed by atoms with Crippen molar-refractivity contribution in [1.82, 2.24) is 4.57 Å². The van der Waals surface area contributed by atoms with Crippen LogP contribution >= 0.6 is 0 Å². The molecule has 2 rings (SSSR count). The van der Waals surface area contributed by atoms with Crippen molar-refractivity contribution in [1.29, 1.82) is 0 Å². The molecule has 1 heterocycles. The van der Waals surface area contributed by atoms with E-state index in [1.807, 2.05) is 17.8 Å². The number of non-ortho nitro benzene ring substituents is 1. The van der Waals surface area contributed by atoms with Crippen LogP contribution in [0.5, 0.6) is 0 Å². The Balaban J connectivity index is 2.45. The number of aromatic nitrogens is 1. The van der Waals surface area contributed by atoms with E-state index in [4.69, 9.17) is 4.74 Å². The average Bonchev–Trinajstić information content (AvgIpc) is 2.73. The van der Waals surface area contributed by atoms with Crippen LogP contribution in [0.15, 0.2) is 30.5 Å². The minimum atomic E-state index is -0.439. The second-order valence-corrected chi connectivity index (χ2v) is 4.24. The SMILES string of the molecule is CCOC(=O)C=Cc1cn(C)c2ccc([N+](=O)[O-])cc12. The predicted octanol–water partition coefficient (Wildman–Crippen LogP) is 2.66. The second-order valence-electron chi connectivity index (χ2n) is 4.24. The van der Waals surface area contributed by atoms with Crippen molar-refractivity contribution in [3.8, 4) is 0 Å². The van der Waals surface area contributed by atoms with Gasteiger partial charge in [0.15, 0.2) is 0 Å². The maximum Gasteiger partial charge on any atom is 0.330 e. The normalized spacial score (nSPS) is 11.1. The van der Waals surface area contributed by atoms with Crippen molar-refractivity contribution in [3.63, 3.8) is 0 Å². The Morgan fingerprint density at radius 3 is 2.90 bits per heavy atom. The Morgan fingerprint density at radius 1 is 1.50 bits per heavy atom. The number of esters is 1. The summed E-state index contributed by atoms with van der Waals surface area (Å²) < 4.78 is 6.65. The summed E-state index contributed by atoms with van der Waals surface area (Å²) in [6.07, 6.45) is 4.73. The molecular formula is C14H14N2O4. The molecule has 1 aromatic heterocycles. The largest absolute Gasteiger partial charge is 0.463 e. The van der Waals surface area contributed by atoms with Gasteiger partial charge in [-0.2, -0.15) is 0 Å². The Hall–Kier alpha value is -2.63. The number of hydrogen-bond acceptors (Lipinski definition) is 4. The number of benzene rings is 1. The monoisotopic (exact) mass is 274 g/mol. The number of nitro groups is 1. The van der Waals surface area contributed by atoms with Crippen molar-refractivity contribution >= 4 is 28.6 Å². The fourth-order valence-electron chi connectivity index (χ4n) is 2.01. The van der Waals surface area contributed by atoms with Gasteiger partial charge >= 0.3 is 5.97 Å². The summed E-state index contributed by atoms with van der Waals surface area (Å²) in [6.45, 7) is 2.04. The number of nitrogens with zero attached hydrogens (tertiary/aromatic N) is 2. The van der Waals surface area contributed by atoms with Gasteiger partial charge in [0.25, 0.3) is 5.69 Å². The van der Waals surface area contributed by atoms with Gasteiger partial charge in [-0.3, -0.25) is 10.1 Å². The maximum atomic E-state index is 11.3. The van der Waals surface area contributed by atoms with Crippen LogP contribution in [0.2, 0.25) is 0 Å². The van der Waals surface area contributed by atoms with E-state index in [0.717, 1.165) is 16.5 Å². The van der Waals surface area contributed by atoms with E-state index in [2.05, 4.69) is 0 Å². The van der Waals surface area contributed by atoms with E-state index in [9.17, 15) is 14.9 Å². The molecule has 0 N–H and O–H groups in total. The summed E-state index contributed by atoms with van der Waals surface area (Å²) in [5.41, 5.74) is 1.62. The van der Waals surface area contributed by atoms with Gasteiger partial charge in [-0.1, -0.05) is 0 Å². The van der Waals surface area contributed by atoms with Crippen LogP contribution in [0, 0.1) is 10.1 Å². The summed E-state index contributed by atoms with van der Waals surface area (Å²) in [5, 5.41) is 11.5. The molecule has 0 saturated carbocycles. The van der Waals surface area contributed by atoms with Gasteiger partial charge in [0.1, 0.15) is 0 Å². The van der Waals surface area contributed by atoms with Gasteiger partial charge in [-0.25, -0.2) is 4.79 Å². The highest BCUT2D eigenvalue weighted by atomic mass is 16.6. The molecule has 20 heavy (non-hydrogen) atoms. The minimum absolute atomic E-state index is 0.0227. The van der Waals surface area contributed by atoms with Gasteiger partial charge in [-0.05, 0) is 19.1 Å². The Labute approximate surface area is 115 Å². The first kappa shape index (κ1) is 13.8. The molecule has 0 unspecified atom stereocenters. The number of carbonyl (C=O) groups is 1. The Morgan fingerprint density at radius 2 is 2.25 bits per heavy atom. The molecule has 104 valence electrons. The van der Waals surface area contributed by atoms with Crippen LogP contribution in [0.3, 0.4) is 0 Å². The Kier molecular flexibility index (Phi) is 3.84. The van der Waals surface area contributed by atoms with Crippen molar-refractivity contribution in [3.05, 3.63) is 46.1 Å². The molecule has 6 nitrogen and oxygen atoms in total. The van der Waals surface area contributed by atoms with Crippen molar-refractivity contribution in [2.24, 2.45) is 7.05 Å². The maximum absolute atomic E-state index is 11.3. The van der Waals surface area contributed by atoms with Gasteiger partial charge in [-0.15, -0.1) is 0 Å². The first-order chi connectivity index (χ1) is 9.52. The first-order valence-electron chi connectivity index (χ1n) is 6.11. The quantitative estimate of drug-likeness (QED) is 0.372. The molecular weight excluding hydrogens is 260 g/mol. The zero-order valence-corrected chi connectivity index (χ0v) is 11.2. The standard InChI is InChI=1S/C14H14N2O4/c1-3-20-14(17)7-4-10-9-15(2)13-6-5-11(16(18)19)8-12(10)13/h4-9H,3H2,1-2H3. The molecule has 0 radical (unpaired) electrons. The highest BCUT2D eigenvalue weighted by Crippen LogP contribution is 2.26. The molecule has 0 aliphatic heterocycles. The summed E-state index contributed by atoms with van der Waals surface area (Å²) in [4.78, 5) is 21.7. The number of ether oxygens (including phenoxy) is 1. The van der Waals surface area contributed by atoms with Crippen LogP contribution in [0.25, 0.3) is 17.0 Å². The zero-order chi connectivity index (χ0) is 14.7. The molecule has 0 spiro atoms. The lowest BCUT2D eigenvalue weighted by molar-refractivity contribution is -0.384.